The molecule has 0 radical (unpaired) electrons. The van der Waals surface area contributed by atoms with Crippen LogP contribution in [-0.2, 0) is 4.79 Å². The van der Waals surface area contributed by atoms with Crippen molar-refractivity contribution >= 4 is 45.3 Å². The van der Waals surface area contributed by atoms with Crippen LogP contribution in [0.2, 0.25) is 0 Å². The summed E-state index contributed by atoms with van der Waals surface area (Å²) in [5, 5.41) is 11.7. The SMILES string of the molecule is O=C(O)c1cc(Br)ccc1NC(=O)C1CCCS1. The minimum absolute atomic E-state index is 0.0599. The van der Waals surface area contributed by atoms with Gasteiger partial charge < -0.3 is 10.4 Å². The predicted molar refractivity (Wildman–Crippen MR) is 75.2 cm³/mol. The van der Waals surface area contributed by atoms with Gasteiger partial charge in [-0.1, -0.05) is 15.9 Å². The number of halogens is 1. The number of carbonyl (C=O) groups is 2. The van der Waals surface area contributed by atoms with Crippen molar-refractivity contribution in [2.45, 2.75) is 18.1 Å². The molecule has 2 rings (SSSR count). The summed E-state index contributed by atoms with van der Waals surface area (Å²) in [7, 11) is 0. The second-order valence-corrected chi connectivity index (χ2v) is 6.21. The van der Waals surface area contributed by atoms with Crippen LogP contribution in [0.1, 0.15) is 23.2 Å². The third-order valence-corrected chi connectivity index (χ3v) is 4.56. The van der Waals surface area contributed by atoms with Crippen molar-refractivity contribution in [2.75, 3.05) is 11.1 Å². The van der Waals surface area contributed by atoms with E-state index in [1.165, 1.54) is 6.07 Å². The minimum atomic E-state index is -1.05. The van der Waals surface area contributed by atoms with Gasteiger partial charge in [-0.15, -0.1) is 11.8 Å². The molecule has 18 heavy (non-hydrogen) atoms. The molecular formula is C12H12BrNO3S. The lowest BCUT2D eigenvalue weighted by Gasteiger charge is -2.12. The zero-order chi connectivity index (χ0) is 13.1. The van der Waals surface area contributed by atoms with Crippen LogP contribution in [-0.4, -0.2) is 28.0 Å². The third-order valence-electron chi connectivity index (χ3n) is 2.69. The predicted octanol–water partition coefficient (Wildman–Crippen LogP) is 2.98. The second kappa shape index (κ2) is 5.75. The first-order valence-electron chi connectivity index (χ1n) is 5.53. The van der Waals surface area contributed by atoms with E-state index in [2.05, 4.69) is 21.2 Å². The van der Waals surface area contributed by atoms with Gasteiger partial charge in [0.05, 0.1) is 16.5 Å². The van der Waals surface area contributed by atoms with Crippen molar-refractivity contribution in [3.05, 3.63) is 28.2 Å². The van der Waals surface area contributed by atoms with Gasteiger partial charge in [-0.3, -0.25) is 4.79 Å². The van der Waals surface area contributed by atoms with E-state index in [4.69, 9.17) is 5.11 Å². The van der Waals surface area contributed by atoms with E-state index in [1.807, 2.05) is 0 Å². The van der Waals surface area contributed by atoms with Gasteiger partial charge in [0.2, 0.25) is 5.91 Å². The molecule has 0 spiro atoms. The molecule has 1 amide bonds. The molecule has 1 aromatic rings. The van der Waals surface area contributed by atoms with E-state index < -0.39 is 5.97 Å². The lowest BCUT2D eigenvalue weighted by atomic mass is 10.1. The maximum Gasteiger partial charge on any atom is 0.337 e. The monoisotopic (exact) mass is 329 g/mol. The quantitative estimate of drug-likeness (QED) is 0.894. The van der Waals surface area contributed by atoms with Gasteiger partial charge in [0.15, 0.2) is 0 Å². The van der Waals surface area contributed by atoms with E-state index >= 15 is 0 Å². The molecule has 2 N–H and O–H groups in total. The lowest BCUT2D eigenvalue weighted by molar-refractivity contribution is -0.115. The highest BCUT2D eigenvalue weighted by atomic mass is 79.9. The number of hydrogen-bond acceptors (Lipinski definition) is 3. The molecule has 1 aliphatic heterocycles. The highest BCUT2D eigenvalue weighted by Gasteiger charge is 2.24. The molecule has 6 heteroatoms. The summed E-state index contributed by atoms with van der Waals surface area (Å²) in [5.41, 5.74) is 0.448. The summed E-state index contributed by atoms with van der Waals surface area (Å²) in [6.07, 6.45) is 1.89. The van der Waals surface area contributed by atoms with Crippen molar-refractivity contribution in [3.63, 3.8) is 0 Å². The fourth-order valence-corrected chi connectivity index (χ4v) is 3.32. The van der Waals surface area contributed by atoms with Crippen molar-refractivity contribution in [1.29, 1.82) is 0 Å². The van der Waals surface area contributed by atoms with Gasteiger partial charge in [-0.05, 0) is 36.8 Å². The molecule has 0 saturated carbocycles. The van der Waals surface area contributed by atoms with Crippen LogP contribution in [0.25, 0.3) is 0 Å². The lowest BCUT2D eigenvalue weighted by Crippen LogP contribution is -2.24. The molecule has 1 aliphatic rings. The fraction of sp³-hybridized carbons (Fsp3) is 0.333. The average Bonchev–Trinajstić information content (AvgIpc) is 2.84. The molecule has 0 bridgehead atoms. The Balaban J connectivity index is 2.17. The van der Waals surface area contributed by atoms with Gasteiger partial charge in [0.25, 0.3) is 0 Å². The van der Waals surface area contributed by atoms with E-state index in [1.54, 1.807) is 23.9 Å². The van der Waals surface area contributed by atoms with Gasteiger partial charge in [0.1, 0.15) is 0 Å². The zero-order valence-corrected chi connectivity index (χ0v) is 11.9. The number of thioether (sulfide) groups is 1. The normalized spacial score (nSPS) is 18.6. The Bertz CT molecular complexity index is 486. The molecule has 1 saturated heterocycles. The zero-order valence-electron chi connectivity index (χ0n) is 9.48. The number of amides is 1. The Morgan fingerprint density at radius 2 is 2.22 bits per heavy atom. The smallest absolute Gasteiger partial charge is 0.337 e. The van der Waals surface area contributed by atoms with Crippen molar-refractivity contribution in [1.82, 2.24) is 0 Å². The van der Waals surface area contributed by atoms with E-state index in [0.717, 1.165) is 18.6 Å². The largest absolute Gasteiger partial charge is 0.478 e. The minimum Gasteiger partial charge on any atom is -0.478 e. The molecule has 1 atom stereocenters. The Labute approximate surface area is 117 Å². The van der Waals surface area contributed by atoms with Crippen LogP contribution < -0.4 is 5.32 Å². The number of benzene rings is 1. The molecular weight excluding hydrogens is 318 g/mol. The van der Waals surface area contributed by atoms with Crippen LogP contribution in [0.3, 0.4) is 0 Å². The van der Waals surface area contributed by atoms with Crippen molar-refractivity contribution < 1.29 is 14.7 Å². The number of carboxylic acids is 1. The molecule has 0 aromatic heterocycles. The summed E-state index contributed by atoms with van der Waals surface area (Å²) in [4.78, 5) is 23.0. The molecule has 4 nitrogen and oxygen atoms in total. The molecule has 1 heterocycles. The Morgan fingerprint density at radius 3 is 2.83 bits per heavy atom. The summed E-state index contributed by atoms with van der Waals surface area (Å²) < 4.78 is 0.674. The van der Waals surface area contributed by atoms with Crippen molar-refractivity contribution in [3.8, 4) is 0 Å². The Morgan fingerprint density at radius 1 is 1.44 bits per heavy atom. The molecule has 1 unspecified atom stereocenters. The van der Waals surface area contributed by atoms with Crippen LogP contribution in [0.4, 0.5) is 5.69 Å². The molecule has 96 valence electrons. The van der Waals surface area contributed by atoms with Crippen LogP contribution in [0.5, 0.6) is 0 Å². The second-order valence-electron chi connectivity index (χ2n) is 3.99. The van der Waals surface area contributed by atoms with Crippen LogP contribution in [0.15, 0.2) is 22.7 Å². The van der Waals surface area contributed by atoms with E-state index in [9.17, 15) is 9.59 Å². The number of carboxylic acid groups (broad SMARTS) is 1. The fourth-order valence-electron chi connectivity index (χ4n) is 1.80. The maximum absolute atomic E-state index is 11.9. The first kappa shape index (κ1) is 13.4. The first-order chi connectivity index (χ1) is 8.58. The summed E-state index contributed by atoms with van der Waals surface area (Å²) in [6, 6.07) is 4.80. The molecule has 1 aromatic carbocycles. The Hall–Kier alpha value is -1.01. The van der Waals surface area contributed by atoms with Gasteiger partial charge in [-0.2, -0.15) is 0 Å². The number of hydrogen-bond donors (Lipinski definition) is 2. The number of anilines is 1. The van der Waals surface area contributed by atoms with Gasteiger partial charge in [-0.25, -0.2) is 4.79 Å². The Kier molecular flexibility index (Phi) is 4.29. The van der Waals surface area contributed by atoms with Crippen LogP contribution in [0, 0.1) is 0 Å². The maximum atomic E-state index is 11.9. The van der Waals surface area contributed by atoms with Crippen LogP contribution >= 0.6 is 27.7 Å². The van der Waals surface area contributed by atoms with E-state index in [-0.39, 0.29) is 16.7 Å². The first-order valence-corrected chi connectivity index (χ1v) is 7.37. The summed E-state index contributed by atoms with van der Waals surface area (Å²) in [6.45, 7) is 0. The third kappa shape index (κ3) is 3.05. The van der Waals surface area contributed by atoms with Gasteiger partial charge >= 0.3 is 5.97 Å². The number of nitrogens with one attached hydrogen (secondary N) is 1. The molecule has 1 fully saturated rings. The number of carbonyl (C=O) groups excluding carboxylic acids is 1. The van der Waals surface area contributed by atoms with E-state index in [0.29, 0.717) is 10.2 Å². The number of rotatable bonds is 3. The topological polar surface area (TPSA) is 66.4 Å². The highest BCUT2D eigenvalue weighted by molar-refractivity contribution is 9.10. The van der Waals surface area contributed by atoms with Crippen molar-refractivity contribution in [2.24, 2.45) is 0 Å². The number of aromatic carboxylic acids is 1. The van der Waals surface area contributed by atoms with Gasteiger partial charge in [0, 0.05) is 4.47 Å². The highest BCUT2D eigenvalue weighted by Crippen LogP contribution is 2.28. The molecule has 0 aliphatic carbocycles. The standard InChI is InChI=1S/C12H12BrNO3S/c13-7-3-4-9(8(6-7)12(16)17)14-11(15)10-2-1-5-18-10/h3-4,6,10H,1-2,5H2,(H,14,15)(H,16,17). The summed E-state index contributed by atoms with van der Waals surface area (Å²) in [5.74, 6) is -0.169. The summed E-state index contributed by atoms with van der Waals surface area (Å²) >= 11 is 4.84. The average molecular weight is 330 g/mol.